The van der Waals surface area contributed by atoms with Crippen LogP contribution in [0.3, 0.4) is 0 Å². The van der Waals surface area contributed by atoms with Crippen molar-refractivity contribution in [3.05, 3.63) is 42.6 Å². The molecule has 4 rings (SSSR count). The number of hydrogen-bond donors (Lipinski definition) is 2. The van der Waals surface area contributed by atoms with E-state index in [1.807, 2.05) is 36.4 Å². The van der Waals surface area contributed by atoms with Crippen molar-refractivity contribution < 1.29 is 4.79 Å². The van der Waals surface area contributed by atoms with Gasteiger partial charge in [-0.1, -0.05) is 43.2 Å². The van der Waals surface area contributed by atoms with Crippen molar-refractivity contribution in [1.29, 1.82) is 0 Å². The average molecular weight is 351 g/mol. The molecule has 0 spiro atoms. The minimum atomic E-state index is -0.669. The van der Waals surface area contributed by atoms with Crippen molar-refractivity contribution in [3.8, 4) is 11.3 Å². The zero-order chi connectivity index (χ0) is 18.0. The van der Waals surface area contributed by atoms with Crippen molar-refractivity contribution in [1.82, 2.24) is 15.3 Å². The molecule has 26 heavy (non-hydrogen) atoms. The molecule has 0 bridgehead atoms. The van der Waals surface area contributed by atoms with E-state index < -0.39 is 5.54 Å². The number of rotatable bonds is 4. The van der Waals surface area contributed by atoms with Gasteiger partial charge >= 0.3 is 0 Å². The second kappa shape index (κ2) is 7.03. The Morgan fingerprint density at radius 1 is 1.19 bits per heavy atom. The molecule has 1 saturated heterocycles. The number of nitrogens with one attached hydrogen (secondary N) is 1. The van der Waals surface area contributed by atoms with E-state index in [0.29, 0.717) is 5.95 Å². The third kappa shape index (κ3) is 3.42. The Hall–Kier alpha value is -2.47. The quantitative estimate of drug-likeness (QED) is 0.881. The zero-order valence-electron chi connectivity index (χ0n) is 14.9. The van der Waals surface area contributed by atoms with E-state index in [0.717, 1.165) is 56.5 Å². The Labute approximate surface area is 153 Å². The van der Waals surface area contributed by atoms with Crippen LogP contribution in [0, 0.1) is 0 Å². The predicted molar refractivity (Wildman–Crippen MR) is 102 cm³/mol. The number of nitrogens with zero attached hydrogens (tertiary/aromatic N) is 3. The van der Waals surface area contributed by atoms with Crippen LogP contribution in [0.25, 0.3) is 11.3 Å². The standard InChI is InChI=1S/C20H25N5O/c21-20(10-4-5-11-20)18(26)23-16-9-13-25(14-16)19-22-12-8-17(24-19)15-6-2-1-3-7-15/h1-3,6-8,12,16H,4-5,9-11,13-14,21H2,(H,23,26). The Morgan fingerprint density at radius 3 is 2.73 bits per heavy atom. The first-order valence-corrected chi connectivity index (χ1v) is 9.37. The van der Waals surface area contributed by atoms with Crippen molar-refractivity contribution in [2.75, 3.05) is 18.0 Å². The molecule has 1 aliphatic heterocycles. The molecular formula is C20H25N5O. The Bertz CT molecular complexity index is 773. The minimum absolute atomic E-state index is 0.000745. The molecule has 1 aliphatic carbocycles. The maximum absolute atomic E-state index is 12.5. The number of carbonyl (C=O) groups is 1. The fourth-order valence-electron chi connectivity index (χ4n) is 3.89. The van der Waals surface area contributed by atoms with Crippen molar-refractivity contribution in [2.45, 2.75) is 43.7 Å². The van der Waals surface area contributed by atoms with Gasteiger partial charge < -0.3 is 16.0 Å². The number of amides is 1. The minimum Gasteiger partial charge on any atom is -0.350 e. The zero-order valence-corrected chi connectivity index (χ0v) is 14.9. The van der Waals surface area contributed by atoms with Gasteiger partial charge in [0.05, 0.1) is 11.2 Å². The molecule has 6 heteroatoms. The lowest BCUT2D eigenvalue weighted by atomic mass is 9.97. The SMILES string of the molecule is NC1(C(=O)NC2CCN(c3nccc(-c4ccccc4)n3)C2)CCCC1. The molecular weight excluding hydrogens is 326 g/mol. The molecule has 2 fully saturated rings. The largest absolute Gasteiger partial charge is 0.350 e. The summed E-state index contributed by atoms with van der Waals surface area (Å²) < 4.78 is 0. The van der Waals surface area contributed by atoms with Crippen LogP contribution >= 0.6 is 0 Å². The maximum atomic E-state index is 12.5. The first kappa shape index (κ1) is 17.0. The fraction of sp³-hybridized carbons (Fsp3) is 0.450. The molecule has 1 amide bonds. The first-order chi connectivity index (χ1) is 12.6. The summed E-state index contributed by atoms with van der Waals surface area (Å²) in [6.07, 6.45) is 6.35. The van der Waals surface area contributed by atoms with Gasteiger partial charge in [0, 0.05) is 30.9 Å². The number of anilines is 1. The number of hydrogen-bond acceptors (Lipinski definition) is 5. The summed E-state index contributed by atoms with van der Waals surface area (Å²) in [7, 11) is 0. The summed E-state index contributed by atoms with van der Waals surface area (Å²) in [5.41, 5.74) is 7.58. The molecule has 1 atom stereocenters. The van der Waals surface area contributed by atoms with E-state index in [4.69, 9.17) is 10.7 Å². The number of carbonyl (C=O) groups excluding carboxylic acids is 1. The van der Waals surface area contributed by atoms with Gasteiger partial charge in [-0.3, -0.25) is 4.79 Å². The monoisotopic (exact) mass is 351 g/mol. The van der Waals surface area contributed by atoms with Gasteiger partial charge in [-0.15, -0.1) is 0 Å². The number of nitrogens with two attached hydrogens (primary N) is 1. The summed E-state index contributed by atoms with van der Waals surface area (Å²) in [6, 6.07) is 12.1. The van der Waals surface area contributed by atoms with E-state index in [-0.39, 0.29) is 11.9 Å². The van der Waals surface area contributed by atoms with Crippen LogP contribution in [0.1, 0.15) is 32.1 Å². The van der Waals surface area contributed by atoms with Gasteiger partial charge in [-0.25, -0.2) is 9.97 Å². The number of benzene rings is 1. The lowest BCUT2D eigenvalue weighted by Gasteiger charge is -2.25. The van der Waals surface area contributed by atoms with Gasteiger partial charge in [0.15, 0.2) is 0 Å². The van der Waals surface area contributed by atoms with Crippen LogP contribution in [-0.2, 0) is 4.79 Å². The van der Waals surface area contributed by atoms with Gasteiger partial charge in [0.1, 0.15) is 0 Å². The van der Waals surface area contributed by atoms with E-state index >= 15 is 0 Å². The van der Waals surface area contributed by atoms with Crippen LogP contribution in [-0.4, -0.2) is 40.5 Å². The highest BCUT2D eigenvalue weighted by Gasteiger charge is 2.38. The fourth-order valence-corrected chi connectivity index (χ4v) is 3.89. The van der Waals surface area contributed by atoms with Crippen LogP contribution in [0.5, 0.6) is 0 Å². The van der Waals surface area contributed by atoms with Crippen molar-refractivity contribution in [3.63, 3.8) is 0 Å². The lowest BCUT2D eigenvalue weighted by molar-refractivity contribution is -0.126. The molecule has 1 saturated carbocycles. The van der Waals surface area contributed by atoms with E-state index in [1.54, 1.807) is 6.20 Å². The molecule has 2 heterocycles. The van der Waals surface area contributed by atoms with Gasteiger partial charge in [-0.05, 0) is 25.3 Å². The third-order valence-corrected chi connectivity index (χ3v) is 5.47. The molecule has 136 valence electrons. The highest BCUT2D eigenvalue weighted by Crippen LogP contribution is 2.28. The topological polar surface area (TPSA) is 84.1 Å². The third-order valence-electron chi connectivity index (χ3n) is 5.47. The first-order valence-electron chi connectivity index (χ1n) is 9.37. The van der Waals surface area contributed by atoms with Crippen molar-refractivity contribution in [2.24, 2.45) is 5.73 Å². The van der Waals surface area contributed by atoms with Gasteiger partial charge in [0.2, 0.25) is 11.9 Å². The molecule has 1 unspecified atom stereocenters. The molecule has 6 nitrogen and oxygen atoms in total. The van der Waals surface area contributed by atoms with Crippen LogP contribution in [0.15, 0.2) is 42.6 Å². The van der Waals surface area contributed by atoms with Crippen molar-refractivity contribution >= 4 is 11.9 Å². The Balaban J connectivity index is 1.42. The van der Waals surface area contributed by atoms with E-state index in [9.17, 15) is 4.79 Å². The molecule has 2 aromatic rings. The van der Waals surface area contributed by atoms with E-state index in [2.05, 4.69) is 15.2 Å². The Morgan fingerprint density at radius 2 is 1.96 bits per heavy atom. The normalized spacial score (nSPS) is 21.7. The second-order valence-corrected chi connectivity index (χ2v) is 7.38. The summed E-state index contributed by atoms with van der Waals surface area (Å²) >= 11 is 0. The molecule has 1 aromatic carbocycles. The smallest absolute Gasteiger partial charge is 0.240 e. The highest BCUT2D eigenvalue weighted by atomic mass is 16.2. The summed E-state index contributed by atoms with van der Waals surface area (Å²) in [5, 5.41) is 3.15. The second-order valence-electron chi connectivity index (χ2n) is 7.38. The summed E-state index contributed by atoms with van der Waals surface area (Å²) in [6.45, 7) is 1.56. The number of aromatic nitrogens is 2. The maximum Gasteiger partial charge on any atom is 0.240 e. The van der Waals surface area contributed by atoms with Gasteiger partial charge in [-0.2, -0.15) is 0 Å². The van der Waals surface area contributed by atoms with Gasteiger partial charge in [0.25, 0.3) is 0 Å². The lowest BCUT2D eigenvalue weighted by Crippen LogP contribution is -2.54. The molecule has 2 aliphatic rings. The summed E-state index contributed by atoms with van der Waals surface area (Å²) in [5.74, 6) is 0.715. The summed E-state index contributed by atoms with van der Waals surface area (Å²) in [4.78, 5) is 23.8. The molecule has 0 radical (unpaired) electrons. The average Bonchev–Trinajstić information content (AvgIpc) is 3.33. The van der Waals surface area contributed by atoms with Crippen LogP contribution < -0.4 is 16.0 Å². The predicted octanol–water partition coefficient (Wildman–Crippen LogP) is 2.11. The molecule has 1 aromatic heterocycles. The molecule has 3 N–H and O–H groups in total. The Kier molecular flexibility index (Phi) is 4.59. The van der Waals surface area contributed by atoms with E-state index in [1.165, 1.54) is 0 Å². The highest BCUT2D eigenvalue weighted by molar-refractivity contribution is 5.86. The van der Waals surface area contributed by atoms with Crippen LogP contribution in [0.4, 0.5) is 5.95 Å². The van der Waals surface area contributed by atoms with Crippen LogP contribution in [0.2, 0.25) is 0 Å².